The molecule has 1 unspecified atom stereocenters. The van der Waals surface area contributed by atoms with Crippen molar-refractivity contribution in [1.82, 2.24) is 4.90 Å². The molecule has 114 valence electrons. The molecule has 0 spiro atoms. The van der Waals surface area contributed by atoms with Crippen LogP contribution in [0.3, 0.4) is 0 Å². The summed E-state index contributed by atoms with van der Waals surface area (Å²) in [5.74, 6) is 0.339. The zero-order valence-corrected chi connectivity index (χ0v) is 12.6. The second-order valence-corrected chi connectivity index (χ2v) is 5.89. The molecule has 1 aliphatic heterocycles. The van der Waals surface area contributed by atoms with Gasteiger partial charge in [-0.2, -0.15) is 0 Å². The highest BCUT2D eigenvalue weighted by molar-refractivity contribution is 6.31. The highest BCUT2D eigenvalue weighted by Gasteiger charge is 2.21. The number of rotatable bonds is 4. The van der Waals surface area contributed by atoms with Crippen molar-refractivity contribution in [3.8, 4) is 0 Å². The van der Waals surface area contributed by atoms with Crippen molar-refractivity contribution < 1.29 is 9.72 Å². The molecule has 0 aliphatic carbocycles. The van der Waals surface area contributed by atoms with E-state index in [4.69, 9.17) is 11.6 Å². The molecule has 0 saturated carbocycles. The Balaban J connectivity index is 2.01. The van der Waals surface area contributed by atoms with E-state index in [1.807, 2.05) is 0 Å². The summed E-state index contributed by atoms with van der Waals surface area (Å²) < 4.78 is 0. The summed E-state index contributed by atoms with van der Waals surface area (Å²) >= 11 is 5.74. The molecule has 2 rings (SSSR count). The molecule has 0 aromatic heterocycles. The van der Waals surface area contributed by atoms with Gasteiger partial charge in [0.1, 0.15) is 5.69 Å². The summed E-state index contributed by atoms with van der Waals surface area (Å²) in [5.41, 5.74) is -0.0117. The van der Waals surface area contributed by atoms with Crippen molar-refractivity contribution in [2.45, 2.75) is 19.8 Å². The number of piperidine rings is 1. The molecule has 0 bridgehead atoms. The van der Waals surface area contributed by atoms with Crippen molar-refractivity contribution in [1.29, 1.82) is 0 Å². The van der Waals surface area contributed by atoms with Gasteiger partial charge in [0.05, 0.1) is 11.5 Å². The quantitative estimate of drug-likeness (QED) is 0.685. The molecule has 1 aromatic carbocycles. The van der Waals surface area contributed by atoms with Crippen molar-refractivity contribution in [3.63, 3.8) is 0 Å². The third kappa shape index (κ3) is 4.41. The average molecular weight is 312 g/mol. The fourth-order valence-electron chi connectivity index (χ4n) is 2.58. The van der Waals surface area contributed by atoms with E-state index >= 15 is 0 Å². The Morgan fingerprint density at radius 3 is 3.00 bits per heavy atom. The van der Waals surface area contributed by atoms with E-state index in [1.165, 1.54) is 24.6 Å². The Hall–Kier alpha value is -1.66. The second-order valence-electron chi connectivity index (χ2n) is 5.45. The summed E-state index contributed by atoms with van der Waals surface area (Å²) in [6.45, 7) is 4.19. The van der Waals surface area contributed by atoms with Crippen LogP contribution >= 0.6 is 11.6 Å². The Kier molecular flexibility index (Phi) is 5.14. The number of anilines is 1. The summed E-state index contributed by atoms with van der Waals surface area (Å²) in [6, 6.07) is 4.21. The molecule has 1 aliphatic rings. The van der Waals surface area contributed by atoms with Gasteiger partial charge in [-0.3, -0.25) is 19.8 Å². The summed E-state index contributed by atoms with van der Waals surface area (Å²) in [6.07, 6.45) is 2.26. The van der Waals surface area contributed by atoms with Crippen LogP contribution in [0.25, 0.3) is 0 Å². The van der Waals surface area contributed by atoms with Gasteiger partial charge in [-0.1, -0.05) is 18.5 Å². The number of hydrogen-bond donors (Lipinski definition) is 1. The number of carbonyl (C=O) groups is 1. The molecule has 1 aromatic rings. The Morgan fingerprint density at radius 1 is 1.57 bits per heavy atom. The minimum absolute atomic E-state index is 0.180. The monoisotopic (exact) mass is 311 g/mol. The number of hydrogen-bond acceptors (Lipinski definition) is 4. The van der Waals surface area contributed by atoms with Gasteiger partial charge in [-0.05, 0) is 37.4 Å². The molecule has 1 saturated heterocycles. The van der Waals surface area contributed by atoms with Gasteiger partial charge in [0.25, 0.3) is 5.69 Å². The van der Waals surface area contributed by atoms with E-state index in [-0.39, 0.29) is 28.8 Å². The lowest BCUT2D eigenvalue weighted by Crippen LogP contribution is -2.39. The molecule has 6 nitrogen and oxygen atoms in total. The second kappa shape index (κ2) is 6.87. The van der Waals surface area contributed by atoms with Crippen LogP contribution in [0, 0.1) is 16.0 Å². The van der Waals surface area contributed by atoms with E-state index in [1.54, 1.807) is 0 Å². The molecular weight excluding hydrogens is 294 g/mol. The van der Waals surface area contributed by atoms with Crippen LogP contribution < -0.4 is 5.32 Å². The zero-order valence-electron chi connectivity index (χ0n) is 11.8. The normalized spacial score (nSPS) is 19.2. The van der Waals surface area contributed by atoms with Gasteiger partial charge in [0, 0.05) is 17.6 Å². The van der Waals surface area contributed by atoms with Crippen LogP contribution in [-0.2, 0) is 4.79 Å². The number of nitro groups is 1. The molecule has 21 heavy (non-hydrogen) atoms. The molecule has 1 heterocycles. The average Bonchev–Trinajstić information content (AvgIpc) is 2.40. The minimum atomic E-state index is -0.551. The highest BCUT2D eigenvalue weighted by atomic mass is 35.5. The zero-order chi connectivity index (χ0) is 15.4. The number of nitrogens with zero attached hydrogens (tertiary/aromatic N) is 2. The summed E-state index contributed by atoms with van der Waals surface area (Å²) in [4.78, 5) is 24.5. The van der Waals surface area contributed by atoms with Gasteiger partial charge >= 0.3 is 0 Å². The molecule has 1 N–H and O–H groups in total. The van der Waals surface area contributed by atoms with Crippen LogP contribution in [0.1, 0.15) is 19.8 Å². The predicted molar refractivity (Wildman–Crippen MR) is 81.6 cm³/mol. The van der Waals surface area contributed by atoms with E-state index in [0.717, 1.165) is 19.5 Å². The lowest BCUT2D eigenvalue weighted by atomic mass is 10.0. The molecule has 7 heteroatoms. The number of benzene rings is 1. The molecule has 1 atom stereocenters. The lowest BCUT2D eigenvalue weighted by molar-refractivity contribution is -0.383. The van der Waals surface area contributed by atoms with E-state index < -0.39 is 4.92 Å². The van der Waals surface area contributed by atoms with Gasteiger partial charge in [0.2, 0.25) is 5.91 Å². The maximum absolute atomic E-state index is 12.0. The largest absolute Gasteiger partial charge is 0.319 e. The first-order chi connectivity index (χ1) is 9.95. The summed E-state index contributed by atoms with van der Waals surface area (Å²) in [7, 11) is 0. The molecule has 0 radical (unpaired) electrons. The Labute approximate surface area is 128 Å². The third-order valence-electron chi connectivity index (χ3n) is 3.54. The number of nitro benzene ring substituents is 1. The number of carbonyl (C=O) groups excluding carboxylic acids is 1. The standard InChI is InChI=1S/C14H18ClN3O3/c1-10-3-2-6-17(8-10)9-14(19)16-12-5-4-11(15)7-13(12)18(20)21/h4-5,7,10H,2-3,6,8-9H2,1H3,(H,16,19). The number of halogens is 1. The molecule has 1 amide bonds. The molecular formula is C14H18ClN3O3. The van der Waals surface area contributed by atoms with Crippen LogP contribution in [0.15, 0.2) is 18.2 Å². The van der Waals surface area contributed by atoms with Gasteiger partial charge in [0.15, 0.2) is 0 Å². The minimum Gasteiger partial charge on any atom is -0.319 e. The smallest absolute Gasteiger partial charge is 0.294 e. The topological polar surface area (TPSA) is 75.5 Å². The van der Waals surface area contributed by atoms with Crippen LogP contribution in [0.2, 0.25) is 5.02 Å². The highest BCUT2D eigenvalue weighted by Crippen LogP contribution is 2.27. The van der Waals surface area contributed by atoms with Gasteiger partial charge < -0.3 is 5.32 Å². The summed E-state index contributed by atoms with van der Waals surface area (Å²) in [5, 5.41) is 13.8. The predicted octanol–water partition coefficient (Wildman–Crippen LogP) is 2.92. The lowest BCUT2D eigenvalue weighted by Gasteiger charge is -2.30. The van der Waals surface area contributed by atoms with E-state index in [0.29, 0.717) is 5.92 Å². The van der Waals surface area contributed by atoms with Gasteiger partial charge in [-0.25, -0.2) is 0 Å². The number of nitrogens with one attached hydrogen (secondary N) is 1. The van der Waals surface area contributed by atoms with E-state index in [9.17, 15) is 14.9 Å². The van der Waals surface area contributed by atoms with Crippen LogP contribution in [0.4, 0.5) is 11.4 Å². The van der Waals surface area contributed by atoms with Crippen LogP contribution in [-0.4, -0.2) is 35.4 Å². The third-order valence-corrected chi connectivity index (χ3v) is 3.77. The maximum Gasteiger partial charge on any atom is 0.294 e. The first kappa shape index (κ1) is 15.7. The maximum atomic E-state index is 12.0. The Morgan fingerprint density at radius 2 is 2.33 bits per heavy atom. The van der Waals surface area contributed by atoms with Crippen LogP contribution in [0.5, 0.6) is 0 Å². The van der Waals surface area contributed by atoms with Crippen molar-refractivity contribution >= 4 is 28.9 Å². The SMILES string of the molecule is CC1CCCN(CC(=O)Nc2ccc(Cl)cc2[N+](=O)[O-])C1. The first-order valence-electron chi connectivity index (χ1n) is 6.92. The van der Waals surface area contributed by atoms with Gasteiger partial charge in [-0.15, -0.1) is 0 Å². The fraction of sp³-hybridized carbons (Fsp3) is 0.500. The van der Waals surface area contributed by atoms with Crippen molar-refractivity contribution in [3.05, 3.63) is 33.3 Å². The van der Waals surface area contributed by atoms with E-state index in [2.05, 4.69) is 17.1 Å². The van der Waals surface area contributed by atoms with Crippen molar-refractivity contribution in [2.75, 3.05) is 25.0 Å². The number of likely N-dealkylation sites (tertiary alicyclic amines) is 1. The van der Waals surface area contributed by atoms with Crippen molar-refractivity contribution in [2.24, 2.45) is 5.92 Å². The first-order valence-corrected chi connectivity index (χ1v) is 7.29. The number of amides is 1. The Bertz CT molecular complexity index is 550. The molecule has 1 fully saturated rings. The fourth-order valence-corrected chi connectivity index (χ4v) is 2.75.